The molecule has 4 rings (SSSR count). The molecule has 0 atom stereocenters. The van der Waals surface area contributed by atoms with Gasteiger partial charge in [-0.1, -0.05) is 0 Å². The van der Waals surface area contributed by atoms with Crippen molar-refractivity contribution in [2.75, 3.05) is 42.7 Å². The minimum Gasteiger partial charge on any atom is -0.508 e. The van der Waals surface area contributed by atoms with Crippen LogP contribution in [-0.4, -0.2) is 76.0 Å². The summed E-state index contributed by atoms with van der Waals surface area (Å²) in [5.74, 6) is -3.85. The molecule has 0 saturated heterocycles. The van der Waals surface area contributed by atoms with E-state index in [2.05, 4.69) is 0 Å². The molecule has 0 fully saturated rings. The molecule has 12 nitrogen and oxygen atoms in total. The predicted octanol–water partition coefficient (Wildman–Crippen LogP) is 4.95. The molecule has 12 heteroatoms. The summed E-state index contributed by atoms with van der Waals surface area (Å²) >= 11 is 0. The van der Waals surface area contributed by atoms with Crippen molar-refractivity contribution in [3.8, 4) is 57.1 Å². The van der Waals surface area contributed by atoms with E-state index < -0.39 is 23.1 Å². The van der Waals surface area contributed by atoms with Crippen molar-refractivity contribution in [3.63, 3.8) is 0 Å². The highest BCUT2D eigenvalue weighted by atomic mass is 16.5. The van der Waals surface area contributed by atoms with Crippen molar-refractivity contribution in [2.45, 2.75) is 0 Å². The summed E-state index contributed by atoms with van der Waals surface area (Å²) in [5, 5.41) is 20.6. The van der Waals surface area contributed by atoms with E-state index in [-0.39, 0.29) is 79.4 Å². The number of ether oxygens (including phenoxy) is 6. The van der Waals surface area contributed by atoms with Gasteiger partial charge in [-0.3, -0.25) is 19.2 Å². The lowest BCUT2D eigenvalue weighted by Crippen LogP contribution is -2.18. The van der Waals surface area contributed by atoms with Gasteiger partial charge in [-0.05, 0) is 71.8 Å². The van der Waals surface area contributed by atoms with Crippen molar-refractivity contribution >= 4 is 23.1 Å². The van der Waals surface area contributed by atoms with Crippen molar-refractivity contribution in [1.29, 1.82) is 0 Å². The van der Waals surface area contributed by atoms with Gasteiger partial charge in [-0.15, -0.1) is 0 Å². The van der Waals surface area contributed by atoms with Crippen molar-refractivity contribution in [3.05, 3.63) is 82.9 Å². The molecule has 4 aromatic carbocycles. The highest BCUT2D eigenvalue weighted by molar-refractivity contribution is 6.52. The fraction of sp³-hybridized carbons (Fsp3) is 0.176. The molecular weight excluding hydrogens is 600 g/mol. The Morgan fingerprint density at radius 2 is 0.739 bits per heavy atom. The molecule has 0 radical (unpaired) electrons. The smallest absolute Gasteiger partial charge is 0.234 e. The fourth-order valence-electron chi connectivity index (χ4n) is 4.84. The Morgan fingerprint density at radius 1 is 0.435 bits per heavy atom. The van der Waals surface area contributed by atoms with Crippen LogP contribution in [0.2, 0.25) is 0 Å². The van der Waals surface area contributed by atoms with Gasteiger partial charge < -0.3 is 38.6 Å². The summed E-state index contributed by atoms with van der Waals surface area (Å²) in [4.78, 5) is 54.5. The normalized spacial score (nSPS) is 10.5. The first-order valence-electron chi connectivity index (χ1n) is 13.5. The monoisotopic (exact) mass is 630 g/mol. The van der Waals surface area contributed by atoms with Crippen LogP contribution in [0.15, 0.2) is 60.7 Å². The van der Waals surface area contributed by atoms with Gasteiger partial charge in [-0.2, -0.15) is 0 Å². The fourth-order valence-corrected chi connectivity index (χ4v) is 4.84. The number of hydrogen-bond acceptors (Lipinski definition) is 12. The molecule has 238 valence electrons. The van der Waals surface area contributed by atoms with E-state index in [0.717, 1.165) is 12.1 Å². The van der Waals surface area contributed by atoms with Gasteiger partial charge in [0.1, 0.15) is 11.5 Å². The van der Waals surface area contributed by atoms with Gasteiger partial charge in [-0.25, -0.2) is 0 Å². The summed E-state index contributed by atoms with van der Waals surface area (Å²) in [7, 11) is 8.17. The third-order valence-electron chi connectivity index (χ3n) is 7.05. The van der Waals surface area contributed by atoms with Gasteiger partial charge in [0.2, 0.25) is 34.6 Å². The lowest BCUT2D eigenvalue weighted by atomic mass is 9.88. The first-order chi connectivity index (χ1) is 22.0. The van der Waals surface area contributed by atoms with Crippen LogP contribution in [0, 0.1) is 0 Å². The Morgan fingerprint density at radius 3 is 1.00 bits per heavy atom. The van der Waals surface area contributed by atoms with Crippen molar-refractivity contribution in [1.82, 2.24) is 0 Å². The number of Topliss-reactive ketones (excluding diaryl/α,β-unsaturated/α-hetero) is 4. The molecule has 46 heavy (non-hydrogen) atoms. The number of aromatic hydroxyl groups is 2. The predicted molar refractivity (Wildman–Crippen MR) is 165 cm³/mol. The van der Waals surface area contributed by atoms with E-state index in [9.17, 15) is 29.4 Å². The molecule has 0 spiro atoms. The van der Waals surface area contributed by atoms with E-state index in [4.69, 9.17) is 28.4 Å². The average molecular weight is 631 g/mol. The third kappa shape index (κ3) is 6.13. The lowest BCUT2D eigenvalue weighted by molar-refractivity contribution is 0.0815. The van der Waals surface area contributed by atoms with Crippen molar-refractivity contribution < 1.29 is 57.8 Å². The van der Waals surface area contributed by atoms with E-state index in [1.165, 1.54) is 91.2 Å². The van der Waals surface area contributed by atoms with Gasteiger partial charge in [0.15, 0.2) is 23.0 Å². The number of ketones is 4. The second-order valence-corrected chi connectivity index (χ2v) is 9.60. The molecule has 0 aromatic heterocycles. The minimum absolute atomic E-state index is 0.0321. The first kappa shape index (κ1) is 32.9. The van der Waals surface area contributed by atoms with Crippen LogP contribution < -0.4 is 28.4 Å². The summed E-state index contributed by atoms with van der Waals surface area (Å²) in [6, 6.07) is 12.5. The van der Waals surface area contributed by atoms with Crippen LogP contribution in [0.5, 0.6) is 46.0 Å². The zero-order valence-electron chi connectivity index (χ0n) is 25.8. The summed E-state index contributed by atoms with van der Waals surface area (Å²) < 4.78 is 31.8. The molecule has 0 amide bonds. The van der Waals surface area contributed by atoms with E-state index >= 15 is 0 Å². The van der Waals surface area contributed by atoms with E-state index in [1.54, 1.807) is 0 Å². The second-order valence-electron chi connectivity index (χ2n) is 9.60. The number of hydrogen-bond donors (Lipinski definition) is 2. The van der Waals surface area contributed by atoms with Crippen LogP contribution in [0.4, 0.5) is 0 Å². The van der Waals surface area contributed by atoms with Crippen LogP contribution in [0.3, 0.4) is 0 Å². The lowest BCUT2D eigenvalue weighted by Gasteiger charge is -2.16. The molecule has 0 saturated carbocycles. The average Bonchev–Trinajstić information content (AvgIpc) is 3.08. The Labute approximate surface area is 263 Å². The summed E-state index contributed by atoms with van der Waals surface area (Å²) in [5.41, 5.74) is -0.700. The SMILES string of the molecule is COc1cc(C(=O)C(=O)c2cc(O)ccc2-c2ccc(O)cc2C(=O)C(=O)c2cc(OC)c(OC)c(OC)c2)cc(OC)c1OC. The van der Waals surface area contributed by atoms with Gasteiger partial charge in [0, 0.05) is 22.3 Å². The first-order valence-corrected chi connectivity index (χ1v) is 13.5. The Balaban J connectivity index is 1.84. The number of phenols is 2. The molecule has 0 aliphatic carbocycles. The van der Waals surface area contributed by atoms with Crippen LogP contribution >= 0.6 is 0 Å². The molecule has 2 N–H and O–H groups in total. The van der Waals surface area contributed by atoms with Crippen LogP contribution in [0.1, 0.15) is 41.4 Å². The molecule has 0 bridgehead atoms. The standard InChI is InChI=1S/C34H30O12/c1-41-25-11-17(12-26(42-2)33(25)45-5)29(37)31(39)23-15-19(35)7-9-21(23)22-10-8-20(36)16-24(22)32(40)30(38)18-13-27(43-3)34(46-6)28(14-18)44-4/h7-16,35-36H,1-6H3. The molecule has 0 unspecified atom stereocenters. The molecule has 0 heterocycles. The quantitative estimate of drug-likeness (QED) is 0.151. The number of rotatable bonds is 13. The summed E-state index contributed by atoms with van der Waals surface area (Å²) in [6.07, 6.45) is 0. The van der Waals surface area contributed by atoms with E-state index in [0.29, 0.717) is 0 Å². The van der Waals surface area contributed by atoms with Gasteiger partial charge >= 0.3 is 0 Å². The number of carbonyl (C=O) groups is 4. The molecule has 0 aliphatic rings. The summed E-state index contributed by atoms with van der Waals surface area (Å²) in [6.45, 7) is 0. The maximum absolute atomic E-state index is 13.7. The van der Waals surface area contributed by atoms with Crippen LogP contribution in [0.25, 0.3) is 11.1 Å². The number of carbonyl (C=O) groups excluding carboxylic acids is 4. The van der Waals surface area contributed by atoms with Crippen molar-refractivity contribution in [2.24, 2.45) is 0 Å². The maximum atomic E-state index is 13.7. The van der Waals surface area contributed by atoms with E-state index in [1.807, 2.05) is 0 Å². The maximum Gasteiger partial charge on any atom is 0.234 e. The Hall–Kier alpha value is -6.04. The largest absolute Gasteiger partial charge is 0.508 e. The molecule has 0 aliphatic heterocycles. The van der Waals surface area contributed by atoms with Crippen LogP contribution in [-0.2, 0) is 0 Å². The Kier molecular flexibility index (Phi) is 9.80. The second kappa shape index (κ2) is 13.7. The zero-order chi connectivity index (χ0) is 33.7. The number of phenolic OH excluding ortho intramolecular Hbond substituents is 2. The molecule has 4 aromatic rings. The Bertz CT molecular complexity index is 1670. The minimum atomic E-state index is -1.05. The third-order valence-corrected chi connectivity index (χ3v) is 7.05. The number of methoxy groups -OCH3 is 6. The van der Waals surface area contributed by atoms with Gasteiger partial charge in [0.25, 0.3) is 0 Å². The zero-order valence-corrected chi connectivity index (χ0v) is 25.8. The highest BCUT2D eigenvalue weighted by Gasteiger charge is 2.29. The molecular formula is C34H30O12. The number of benzene rings is 4. The van der Waals surface area contributed by atoms with Gasteiger partial charge in [0.05, 0.1) is 42.7 Å². The highest BCUT2D eigenvalue weighted by Crippen LogP contribution is 2.41. The topological polar surface area (TPSA) is 164 Å².